The molecule has 0 spiro atoms. The Hall–Kier alpha value is -2.29. The van der Waals surface area contributed by atoms with Crippen LogP contribution in [0.15, 0.2) is 48.5 Å². The number of nitrogen functional groups attached to an aromatic ring is 1. The highest BCUT2D eigenvalue weighted by Gasteiger charge is 2.18. The van der Waals surface area contributed by atoms with Gasteiger partial charge in [-0.25, -0.2) is 4.79 Å². The third kappa shape index (κ3) is 3.60. The lowest BCUT2D eigenvalue weighted by molar-refractivity contribution is 0.00696. The van der Waals surface area contributed by atoms with Crippen molar-refractivity contribution < 1.29 is 9.53 Å². The molecule has 0 atom stereocenters. The van der Waals surface area contributed by atoms with Gasteiger partial charge >= 0.3 is 5.97 Å². The van der Waals surface area contributed by atoms with Crippen molar-refractivity contribution in [3.05, 3.63) is 54.1 Å². The normalized spacial score (nSPS) is 11.2. The SMILES string of the molecule is CC(C)(C)OC(=O)c1cccc(-c2ccc(N)cc2)c1. The second kappa shape index (κ2) is 5.37. The summed E-state index contributed by atoms with van der Waals surface area (Å²) < 4.78 is 5.37. The molecule has 2 rings (SSSR count). The molecule has 0 aliphatic carbocycles. The van der Waals surface area contributed by atoms with Gasteiger partial charge in [0.1, 0.15) is 5.60 Å². The first kappa shape index (κ1) is 14.1. The van der Waals surface area contributed by atoms with E-state index in [2.05, 4.69) is 0 Å². The molecule has 0 heterocycles. The fraction of sp³-hybridized carbons (Fsp3) is 0.235. The minimum Gasteiger partial charge on any atom is -0.456 e. The van der Waals surface area contributed by atoms with Crippen molar-refractivity contribution in [3.63, 3.8) is 0 Å². The van der Waals surface area contributed by atoms with Gasteiger partial charge in [0.05, 0.1) is 5.56 Å². The molecule has 0 aliphatic rings. The summed E-state index contributed by atoms with van der Waals surface area (Å²) in [4.78, 5) is 12.1. The number of hydrogen-bond acceptors (Lipinski definition) is 3. The predicted molar refractivity (Wildman–Crippen MR) is 81.5 cm³/mol. The number of carbonyl (C=O) groups excluding carboxylic acids is 1. The van der Waals surface area contributed by atoms with Crippen molar-refractivity contribution in [1.29, 1.82) is 0 Å². The summed E-state index contributed by atoms with van der Waals surface area (Å²) in [6.45, 7) is 5.57. The second-order valence-corrected chi connectivity index (χ2v) is 5.70. The Morgan fingerprint density at radius 3 is 2.25 bits per heavy atom. The molecule has 0 amide bonds. The first-order chi connectivity index (χ1) is 9.35. The van der Waals surface area contributed by atoms with Crippen LogP contribution in [0.5, 0.6) is 0 Å². The van der Waals surface area contributed by atoms with Gasteiger partial charge in [-0.15, -0.1) is 0 Å². The maximum absolute atomic E-state index is 12.1. The molecule has 20 heavy (non-hydrogen) atoms. The molecule has 0 aromatic heterocycles. The molecule has 0 radical (unpaired) electrons. The van der Waals surface area contributed by atoms with E-state index < -0.39 is 5.60 Å². The van der Waals surface area contributed by atoms with Gasteiger partial charge in [0, 0.05) is 5.69 Å². The molecular formula is C17H19NO2. The van der Waals surface area contributed by atoms with E-state index in [0.29, 0.717) is 5.56 Å². The molecule has 2 aromatic carbocycles. The van der Waals surface area contributed by atoms with E-state index in [-0.39, 0.29) is 5.97 Å². The van der Waals surface area contributed by atoms with Gasteiger partial charge in [-0.2, -0.15) is 0 Å². The van der Waals surface area contributed by atoms with Gasteiger partial charge in [0.25, 0.3) is 0 Å². The van der Waals surface area contributed by atoms with Crippen molar-refractivity contribution in [3.8, 4) is 11.1 Å². The van der Waals surface area contributed by atoms with Gasteiger partial charge in [-0.05, 0) is 56.2 Å². The number of hydrogen-bond donors (Lipinski definition) is 1. The van der Waals surface area contributed by atoms with Crippen LogP contribution in [0, 0.1) is 0 Å². The van der Waals surface area contributed by atoms with E-state index in [4.69, 9.17) is 10.5 Å². The minimum absolute atomic E-state index is 0.310. The molecular weight excluding hydrogens is 250 g/mol. The lowest BCUT2D eigenvalue weighted by Crippen LogP contribution is -2.23. The van der Waals surface area contributed by atoms with E-state index >= 15 is 0 Å². The van der Waals surface area contributed by atoms with E-state index in [1.807, 2.05) is 63.2 Å². The van der Waals surface area contributed by atoms with Crippen molar-refractivity contribution in [2.45, 2.75) is 26.4 Å². The van der Waals surface area contributed by atoms with Gasteiger partial charge in [0.2, 0.25) is 0 Å². The number of carbonyl (C=O) groups is 1. The fourth-order valence-corrected chi connectivity index (χ4v) is 1.84. The molecule has 3 nitrogen and oxygen atoms in total. The van der Waals surface area contributed by atoms with Crippen LogP contribution < -0.4 is 5.73 Å². The Bertz CT molecular complexity index is 610. The van der Waals surface area contributed by atoms with E-state index in [1.165, 1.54) is 0 Å². The lowest BCUT2D eigenvalue weighted by Gasteiger charge is -2.19. The summed E-state index contributed by atoms with van der Waals surface area (Å²) in [7, 11) is 0. The molecule has 0 bridgehead atoms. The van der Waals surface area contributed by atoms with Gasteiger partial charge in [0.15, 0.2) is 0 Å². The molecule has 0 saturated heterocycles. The molecule has 0 aliphatic heterocycles. The van der Waals surface area contributed by atoms with Crippen LogP contribution in [0.4, 0.5) is 5.69 Å². The Kier molecular flexibility index (Phi) is 3.79. The summed E-state index contributed by atoms with van der Waals surface area (Å²) in [5.41, 5.74) is 8.44. The highest BCUT2D eigenvalue weighted by atomic mass is 16.6. The average molecular weight is 269 g/mol. The Balaban J connectivity index is 2.28. The maximum atomic E-state index is 12.1. The van der Waals surface area contributed by atoms with Crippen molar-refractivity contribution >= 4 is 11.7 Å². The predicted octanol–water partition coefficient (Wildman–Crippen LogP) is 3.89. The first-order valence-corrected chi connectivity index (χ1v) is 6.54. The fourth-order valence-electron chi connectivity index (χ4n) is 1.84. The van der Waals surface area contributed by atoms with Crippen molar-refractivity contribution in [1.82, 2.24) is 0 Å². The number of anilines is 1. The Morgan fingerprint density at radius 2 is 1.65 bits per heavy atom. The van der Waals surface area contributed by atoms with E-state index in [9.17, 15) is 4.79 Å². The smallest absolute Gasteiger partial charge is 0.338 e. The molecule has 0 saturated carbocycles. The topological polar surface area (TPSA) is 52.3 Å². The van der Waals surface area contributed by atoms with Crippen molar-refractivity contribution in [2.24, 2.45) is 0 Å². The summed E-state index contributed by atoms with van der Waals surface area (Å²) in [6.07, 6.45) is 0. The zero-order chi connectivity index (χ0) is 14.8. The maximum Gasteiger partial charge on any atom is 0.338 e. The van der Waals surface area contributed by atoms with Crippen LogP contribution in [-0.2, 0) is 4.74 Å². The molecule has 104 valence electrons. The quantitative estimate of drug-likeness (QED) is 0.664. The summed E-state index contributed by atoms with van der Waals surface area (Å²) in [5.74, 6) is -0.310. The highest BCUT2D eigenvalue weighted by Crippen LogP contribution is 2.22. The minimum atomic E-state index is -0.492. The van der Waals surface area contributed by atoms with Crippen LogP contribution >= 0.6 is 0 Å². The molecule has 3 heteroatoms. The van der Waals surface area contributed by atoms with Crippen LogP contribution in [0.1, 0.15) is 31.1 Å². The molecule has 2 N–H and O–H groups in total. The zero-order valence-electron chi connectivity index (χ0n) is 12.0. The molecule has 0 fully saturated rings. The number of nitrogens with two attached hydrogens (primary N) is 1. The average Bonchev–Trinajstić information content (AvgIpc) is 2.38. The number of esters is 1. The second-order valence-electron chi connectivity index (χ2n) is 5.70. The summed E-state index contributed by atoms with van der Waals surface area (Å²) >= 11 is 0. The Labute approximate surface area is 119 Å². The zero-order valence-corrected chi connectivity index (χ0v) is 12.0. The number of benzene rings is 2. The van der Waals surface area contributed by atoms with Gasteiger partial charge in [-0.1, -0.05) is 24.3 Å². The number of rotatable bonds is 2. The monoisotopic (exact) mass is 269 g/mol. The van der Waals surface area contributed by atoms with Gasteiger partial charge in [-0.3, -0.25) is 0 Å². The first-order valence-electron chi connectivity index (χ1n) is 6.54. The number of ether oxygens (including phenoxy) is 1. The molecule has 0 unspecified atom stereocenters. The van der Waals surface area contributed by atoms with Gasteiger partial charge < -0.3 is 10.5 Å². The van der Waals surface area contributed by atoms with E-state index in [1.54, 1.807) is 6.07 Å². The Morgan fingerprint density at radius 1 is 1.00 bits per heavy atom. The van der Waals surface area contributed by atoms with Crippen LogP contribution in [0.25, 0.3) is 11.1 Å². The highest BCUT2D eigenvalue weighted by molar-refractivity contribution is 5.91. The van der Waals surface area contributed by atoms with Crippen LogP contribution in [0.3, 0.4) is 0 Å². The van der Waals surface area contributed by atoms with Crippen molar-refractivity contribution in [2.75, 3.05) is 5.73 Å². The summed E-state index contributed by atoms with van der Waals surface area (Å²) in [6, 6.07) is 15.0. The molecule has 2 aromatic rings. The summed E-state index contributed by atoms with van der Waals surface area (Å²) in [5, 5.41) is 0. The third-order valence-electron chi connectivity index (χ3n) is 2.74. The standard InChI is InChI=1S/C17H19NO2/c1-17(2,3)20-16(19)14-6-4-5-13(11-14)12-7-9-15(18)10-8-12/h4-11H,18H2,1-3H3. The lowest BCUT2D eigenvalue weighted by atomic mass is 10.0. The van der Waals surface area contributed by atoms with Crippen LogP contribution in [-0.4, -0.2) is 11.6 Å². The van der Waals surface area contributed by atoms with Crippen LogP contribution in [0.2, 0.25) is 0 Å². The largest absolute Gasteiger partial charge is 0.456 e. The third-order valence-corrected chi connectivity index (χ3v) is 2.74. The van der Waals surface area contributed by atoms with E-state index in [0.717, 1.165) is 16.8 Å².